The van der Waals surface area contributed by atoms with Crippen LogP contribution in [0.25, 0.3) is 5.65 Å². The average Bonchev–Trinajstić information content (AvgIpc) is 2.44. The average molecular weight is 166 g/mol. The summed E-state index contributed by atoms with van der Waals surface area (Å²) in [6.07, 6.45) is 0. The molecule has 2 aromatic rings. The van der Waals surface area contributed by atoms with Gasteiger partial charge in [-0.2, -0.15) is 0 Å². The van der Waals surface area contributed by atoms with E-state index in [0.717, 1.165) is 11.5 Å². The van der Waals surface area contributed by atoms with Gasteiger partial charge in [0.05, 0.1) is 6.61 Å². The van der Waals surface area contributed by atoms with Crippen LogP contribution in [0.3, 0.4) is 0 Å². The highest BCUT2D eigenvalue weighted by atomic mass is 16.5. The molecule has 0 unspecified atom stereocenters. The van der Waals surface area contributed by atoms with E-state index in [-0.39, 0.29) is 0 Å². The minimum absolute atomic E-state index is 0.608. The molecule has 0 spiro atoms. The van der Waals surface area contributed by atoms with Crippen LogP contribution in [0.1, 0.15) is 12.7 Å². The number of aryl methyl sites for hydroxylation is 1. The number of hydrogen-bond donors (Lipinski definition) is 1. The standard InChI is InChI=1S/C7H10N4O/c1-3-12-7-4-6-8-5(2)9-11(6)10-7/h4H,3H2,1-2H3,(H,8,9). The Kier molecular flexibility index (Phi) is 1.49. The molecule has 1 N–H and O–H groups in total. The van der Waals surface area contributed by atoms with Crippen LogP contribution in [-0.2, 0) is 0 Å². The molecule has 0 fully saturated rings. The van der Waals surface area contributed by atoms with Gasteiger partial charge in [0.2, 0.25) is 5.88 Å². The smallest absolute Gasteiger partial charge is 0.237 e. The van der Waals surface area contributed by atoms with E-state index in [1.165, 1.54) is 4.63 Å². The maximum atomic E-state index is 5.20. The molecule has 0 aliphatic heterocycles. The molecule has 64 valence electrons. The predicted molar refractivity (Wildman–Crippen MR) is 43.2 cm³/mol. The lowest BCUT2D eigenvalue weighted by molar-refractivity contribution is 0.324. The Morgan fingerprint density at radius 3 is 3.08 bits per heavy atom. The van der Waals surface area contributed by atoms with Crippen molar-refractivity contribution in [2.75, 3.05) is 6.61 Å². The van der Waals surface area contributed by atoms with E-state index in [2.05, 4.69) is 15.2 Å². The van der Waals surface area contributed by atoms with Gasteiger partial charge in [-0.05, 0) is 13.8 Å². The normalized spacial score (nSPS) is 10.8. The Hall–Kier alpha value is -1.52. The van der Waals surface area contributed by atoms with Gasteiger partial charge in [-0.1, -0.05) is 0 Å². The molecule has 0 amide bonds. The van der Waals surface area contributed by atoms with Gasteiger partial charge in [-0.25, -0.2) is 0 Å². The quantitative estimate of drug-likeness (QED) is 0.716. The molecule has 0 atom stereocenters. The van der Waals surface area contributed by atoms with Crippen molar-refractivity contribution in [1.29, 1.82) is 0 Å². The maximum Gasteiger partial charge on any atom is 0.237 e. The number of hydrogen-bond acceptors (Lipinski definition) is 3. The number of aromatic amines is 1. The lowest BCUT2D eigenvalue weighted by Gasteiger charge is -1.92. The molecule has 0 aliphatic carbocycles. The van der Waals surface area contributed by atoms with Gasteiger partial charge in [0, 0.05) is 6.07 Å². The summed E-state index contributed by atoms with van der Waals surface area (Å²) >= 11 is 0. The topological polar surface area (TPSA) is 55.2 Å². The molecule has 5 nitrogen and oxygen atoms in total. The van der Waals surface area contributed by atoms with Crippen molar-refractivity contribution in [3.8, 4) is 5.88 Å². The Labute approximate surface area is 69.3 Å². The van der Waals surface area contributed by atoms with Gasteiger partial charge in [-0.3, -0.25) is 0 Å². The summed E-state index contributed by atoms with van der Waals surface area (Å²) in [5, 5.41) is 8.16. The largest absolute Gasteiger partial charge is 0.477 e. The highest BCUT2D eigenvalue weighted by molar-refractivity contribution is 5.40. The van der Waals surface area contributed by atoms with Crippen molar-refractivity contribution in [3.63, 3.8) is 0 Å². The molecule has 12 heavy (non-hydrogen) atoms. The number of rotatable bonds is 2. The maximum absolute atomic E-state index is 5.20. The Morgan fingerprint density at radius 2 is 2.42 bits per heavy atom. The predicted octanol–water partition coefficient (Wildman–Crippen LogP) is 0.765. The fraction of sp³-hybridized carbons (Fsp3) is 0.429. The van der Waals surface area contributed by atoms with Crippen molar-refractivity contribution in [1.82, 2.24) is 19.8 Å². The van der Waals surface area contributed by atoms with E-state index in [0.29, 0.717) is 12.5 Å². The van der Waals surface area contributed by atoms with Gasteiger partial charge >= 0.3 is 0 Å². The number of ether oxygens (including phenoxy) is 1. The molecular weight excluding hydrogens is 156 g/mol. The zero-order chi connectivity index (χ0) is 8.55. The lowest BCUT2D eigenvalue weighted by atomic mass is 10.6. The SMILES string of the molecule is CCOc1cc2[nH]c(C)nn2n1. The molecule has 0 aliphatic rings. The van der Waals surface area contributed by atoms with Gasteiger partial charge in [0.15, 0.2) is 5.65 Å². The van der Waals surface area contributed by atoms with Crippen molar-refractivity contribution in [3.05, 3.63) is 11.9 Å². The zero-order valence-corrected chi connectivity index (χ0v) is 7.03. The molecule has 0 saturated carbocycles. The van der Waals surface area contributed by atoms with Crippen molar-refractivity contribution >= 4 is 5.65 Å². The monoisotopic (exact) mass is 166 g/mol. The molecule has 0 radical (unpaired) electrons. The first-order chi connectivity index (χ1) is 5.79. The summed E-state index contributed by atoms with van der Waals surface area (Å²) in [6.45, 7) is 4.43. The molecule has 2 rings (SSSR count). The minimum atomic E-state index is 0.608. The van der Waals surface area contributed by atoms with Crippen molar-refractivity contribution in [2.45, 2.75) is 13.8 Å². The van der Waals surface area contributed by atoms with Crippen LogP contribution < -0.4 is 4.74 Å². The van der Waals surface area contributed by atoms with Crippen LogP contribution in [0.5, 0.6) is 5.88 Å². The first-order valence-corrected chi connectivity index (χ1v) is 3.85. The summed E-state index contributed by atoms with van der Waals surface area (Å²) in [6, 6.07) is 1.82. The van der Waals surface area contributed by atoms with Crippen molar-refractivity contribution in [2.24, 2.45) is 0 Å². The van der Waals surface area contributed by atoms with E-state index in [1.54, 1.807) is 0 Å². The first-order valence-electron chi connectivity index (χ1n) is 3.85. The second-order valence-corrected chi connectivity index (χ2v) is 2.50. The second-order valence-electron chi connectivity index (χ2n) is 2.50. The fourth-order valence-corrected chi connectivity index (χ4v) is 1.08. The first kappa shape index (κ1) is 7.15. The van der Waals surface area contributed by atoms with Gasteiger partial charge < -0.3 is 9.72 Å². The Balaban J connectivity index is 2.43. The van der Waals surface area contributed by atoms with Crippen LogP contribution >= 0.6 is 0 Å². The molecule has 0 bridgehead atoms. The summed E-state index contributed by atoms with van der Waals surface area (Å²) < 4.78 is 6.73. The van der Waals surface area contributed by atoms with Gasteiger partial charge in [-0.15, -0.1) is 14.8 Å². The Bertz CT molecular complexity index is 357. The molecule has 5 heteroatoms. The van der Waals surface area contributed by atoms with Crippen LogP contribution in [0.15, 0.2) is 6.07 Å². The van der Waals surface area contributed by atoms with Crippen LogP contribution in [-0.4, -0.2) is 26.4 Å². The van der Waals surface area contributed by atoms with Gasteiger partial charge in [0.25, 0.3) is 0 Å². The number of aromatic nitrogens is 4. The summed E-state index contributed by atoms with van der Waals surface area (Å²) in [5.41, 5.74) is 0.857. The summed E-state index contributed by atoms with van der Waals surface area (Å²) in [4.78, 5) is 3.05. The van der Waals surface area contributed by atoms with Crippen LogP contribution in [0.2, 0.25) is 0 Å². The molecule has 2 heterocycles. The lowest BCUT2D eigenvalue weighted by Crippen LogP contribution is -1.93. The van der Waals surface area contributed by atoms with E-state index < -0.39 is 0 Å². The molecule has 0 saturated heterocycles. The van der Waals surface area contributed by atoms with Crippen molar-refractivity contribution < 1.29 is 4.74 Å². The third-order valence-corrected chi connectivity index (χ3v) is 1.51. The third-order valence-electron chi connectivity index (χ3n) is 1.51. The Morgan fingerprint density at radius 1 is 1.58 bits per heavy atom. The summed E-state index contributed by atoms with van der Waals surface area (Å²) in [5.74, 6) is 1.46. The van der Waals surface area contributed by atoms with E-state index >= 15 is 0 Å². The van der Waals surface area contributed by atoms with E-state index in [1.807, 2.05) is 19.9 Å². The minimum Gasteiger partial charge on any atom is -0.477 e. The van der Waals surface area contributed by atoms with Gasteiger partial charge in [0.1, 0.15) is 5.82 Å². The molecular formula is C7H10N4O. The van der Waals surface area contributed by atoms with Crippen LogP contribution in [0.4, 0.5) is 0 Å². The number of fused-ring (bicyclic) bond motifs is 1. The zero-order valence-electron chi connectivity index (χ0n) is 7.03. The summed E-state index contributed by atoms with van der Waals surface area (Å²) in [7, 11) is 0. The van der Waals surface area contributed by atoms with E-state index in [4.69, 9.17) is 4.74 Å². The molecule has 0 aromatic carbocycles. The van der Waals surface area contributed by atoms with Crippen LogP contribution in [0, 0.1) is 6.92 Å². The highest BCUT2D eigenvalue weighted by Gasteiger charge is 2.04. The second kappa shape index (κ2) is 2.51. The number of nitrogens with one attached hydrogen (secondary N) is 1. The fourth-order valence-electron chi connectivity index (χ4n) is 1.08. The van der Waals surface area contributed by atoms with E-state index in [9.17, 15) is 0 Å². The number of H-pyrrole nitrogens is 1. The third kappa shape index (κ3) is 1.03. The molecule has 2 aromatic heterocycles. The number of nitrogens with zero attached hydrogens (tertiary/aromatic N) is 3. The highest BCUT2D eigenvalue weighted by Crippen LogP contribution is 2.10.